The fourth-order valence-electron chi connectivity index (χ4n) is 2.34. The van der Waals surface area contributed by atoms with E-state index in [4.69, 9.17) is 0 Å². The fraction of sp³-hybridized carbons (Fsp3) is 0.214. The third-order valence-corrected chi connectivity index (χ3v) is 3.49. The lowest BCUT2D eigenvalue weighted by atomic mass is 10.2. The van der Waals surface area contributed by atoms with E-state index < -0.39 is 23.1 Å². The summed E-state index contributed by atoms with van der Waals surface area (Å²) in [6, 6.07) is 5.63. The van der Waals surface area contributed by atoms with Gasteiger partial charge in [0.05, 0.1) is 11.7 Å². The summed E-state index contributed by atoms with van der Waals surface area (Å²) >= 11 is 0. The van der Waals surface area contributed by atoms with E-state index in [0.29, 0.717) is 26.2 Å². The Hall–Kier alpha value is -2.84. The van der Waals surface area contributed by atoms with Crippen LogP contribution in [0.25, 0.3) is 10.9 Å². The van der Waals surface area contributed by atoms with Crippen LogP contribution in [-0.2, 0) is 13.2 Å². The van der Waals surface area contributed by atoms with Crippen molar-refractivity contribution < 1.29 is 13.2 Å². The van der Waals surface area contributed by atoms with Crippen LogP contribution in [0.1, 0.15) is 11.3 Å². The Morgan fingerprint density at radius 2 is 1.83 bits per heavy atom. The minimum absolute atomic E-state index is 0.380. The number of rotatable bonds is 1. The smallest absolute Gasteiger partial charge is 0.291 e. The van der Waals surface area contributed by atoms with Gasteiger partial charge in [-0.05, 0) is 18.6 Å². The van der Waals surface area contributed by atoms with E-state index in [0.717, 1.165) is 17.4 Å². The molecular weight excluding hydrogens is 313 g/mol. The average molecular weight is 324 g/mol. The van der Waals surface area contributed by atoms with Crippen LogP contribution in [0.5, 0.6) is 0 Å². The van der Waals surface area contributed by atoms with Crippen molar-refractivity contribution >= 4 is 10.9 Å². The highest BCUT2D eigenvalue weighted by molar-refractivity contribution is 5.79. The molecule has 0 amide bonds. The van der Waals surface area contributed by atoms with Crippen molar-refractivity contribution in [3.05, 3.63) is 62.6 Å². The zero-order chi connectivity index (χ0) is 16.9. The van der Waals surface area contributed by atoms with Gasteiger partial charge in [0.15, 0.2) is 0 Å². The van der Waals surface area contributed by atoms with E-state index in [1.165, 1.54) is 6.20 Å². The number of benzene rings is 1. The molecule has 3 aromatic rings. The quantitative estimate of drug-likeness (QED) is 0.682. The molecule has 0 spiro atoms. The summed E-state index contributed by atoms with van der Waals surface area (Å²) in [5.74, 6) is 0. The number of fused-ring (bicyclic) bond motifs is 1. The number of alkyl halides is 3. The monoisotopic (exact) mass is 324 g/mol. The summed E-state index contributed by atoms with van der Waals surface area (Å²) in [5.41, 5.74) is -2.24. The van der Waals surface area contributed by atoms with Gasteiger partial charge in [0.2, 0.25) is 0 Å². The summed E-state index contributed by atoms with van der Waals surface area (Å²) in [4.78, 5) is 25.3. The zero-order valence-electron chi connectivity index (χ0n) is 12.1. The predicted molar refractivity (Wildman–Crippen MR) is 76.2 cm³/mol. The molecule has 0 aliphatic carbocycles. The Morgan fingerprint density at radius 1 is 1.13 bits per heavy atom. The lowest BCUT2D eigenvalue weighted by Gasteiger charge is -2.14. The number of aromatic nitrogens is 4. The largest absolute Gasteiger partial charge is 0.431 e. The molecule has 0 fully saturated rings. The summed E-state index contributed by atoms with van der Waals surface area (Å²) in [5, 5.41) is 4.60. The zero-order valence-corrected chi connectivity index (χ0v) is 12.1. The third kappa shape index (κ3) is 2.33. The van der Waals surface area contributed by atoms with E-state index in [-0.39, 0.29) is 0 Å². The predicted octanol–water partition coefficient (Wildman–Crippen LogP) is 1.54. The van der Waals surface area contributed by atoms with Gasteiger partial charge in [0.1, 0.15) is 5.69 Å². The van der Waals surface area contributed by atoms with Gasteiger partial charge in [-0.15, -0.1) is 4.68 Å². The first-order chi connectivity index (χ1) is 10.7. The average Bonchev–Trinajstić information content (AvgIpc) is 2.85. The molecule has 9 heteroatoms. The molecule has 0 unspecified atom stereocenters. The van der Waals surface area contributed by atoms with Crippen LogP contribution in [0.4, 0.5) is 13.2 Å². The van der Waals surface area contributed by atoms with E-state index in [1.54, 1.807) is 12.1 Å². The molecule has 0 saturated carbocycles. The van der Waals surface area contributed by atoms with Crippen molar-refractivity contribution in [1.82, 2.24) is 19.1 Å². The maximum absolute atomic E-state index is 12.9. The molecule has 2 aromatic heterocycles. The van der Waals surface area contributed by atoms with Gasteiger partial charge >= 0.3 is 11.9 Å². The van der Waals surface area contributed by atoms with E-state index in [2.05, 4.69) is 5.10 Å². The maximum Gasteiger partial charge on any atom is 0.431 e. The number of aryl methyl sites for hydroxylation is 1. The summed E-state index contributed by atoms with van der Waals surface area (Å²) < 4.78 is 39.5. The first-order valence-corrected chi connectivity index (χ1v) is 6.55. The van der Waals surface area contributed by atoms with Gasteiger partial charge in [-0.1, -0.05) is 12.1 Å². The van der Waals surface area contributed by atoms with E-state index in [9.17, 15) is 22.8 Å². The number of halogens is 3. The second-order valence-electron chi connectivity index (χ2n) is 5.12. The van der Waals surface area contributed by atoms with Crippen LogP contribution in [0, 0.1) is 6.92 Å². The van der Waals surface area contributed by atoms with Gasteiger partial charge in [-0.3, -0.25) is 9.36 Å². The van der Waals surface area contributed by atoms with Crippen LogP contribution in [0.15, 0.2) is 40.1 Å². The molecule has 23 heavy (non-hydrogen) atoms. The fourth-order valence-corrected chi connectivity index (χ4v) is 2.34. The Labute approximate surface area is 127 Å². The normalized spacial score (nSPS) is 12.0. The van der Waals surface area contributed by atoms with Crippen LogP contribution in [0.3, 0.4) is 0 Å². The molecule has 0 bridgehead atoms. The van der Waals surface area contributed by atoms with Crippen molar-refractivity contribution in [3.8, 4) is 0 Å². The maximum atomic E-state index is 12.9. The van der Waals surface area contributed by atoms with Crippen molar-refractivity contribution in [1.29, 1.82) is 0 Å². The topological polar surface area (TPSA) is 61.8 Å². The minimum Gasteiger partial charge on any atom is -0.291 e. The second-order valence-corrected chi connectivity index (χ2v) is 5.12. The molecule has 0 radical (unpaired) electrons. The molecular formula is C14H11F3N4O2. The standard InChI is InChI=1S/C14H11F3N4O2/c1-8-3-4-9-7-18-21(10(9)5-8)20-12(22)6-11(14(15,16)17)19(2)13(20)23/h3-7H,1-2H3. The van der Waals surface area contributed by atoms with Gasteiger partial charge in [0, 0.05) is 18.5 Å². The highest BCUT2D eigenvalue weighted by atomic mass is 19.4. The molecule has 120 valence electrons. The van der Waals surface area contributed by atoms with Crippen LogP contribution >= 0.6 is 0 Å². The van der Waals surface area contributed by atoms with E-state index in [1.807, 2.05) is 13.0 Å². The summed E-state index contributed by atoms with van der Waals surface area (Å²) in [6.07, 6.45) is -3.37. The number of hydrogen-bond donors (Lipinski definition) is 0. The molecule has 1 aromatic carbocycles. The lowest BCUT2D eigenvalue weighted by molar-refractivity contribution is -0.144. The van der Waals surface area contributed by atoms with Crippen LogP contribution in [-0.4, -0.2) is 19.1 Å². The Kier molecular flexibility index (Phi) is 3.17. The number of hydrogen-bond acceptors (Lipinski definition) is 3. The Bertz CT molecular complexity index is 1030. The molecule has 0 atom stereocenters. The highest BCUT2D eigenvalue weighted by Crippen LogP contribution is 2.26. The van der Waals surface area contributed by atoms with Crippen molar-refractivity contribution in [3.63, 3.8) is 0 Å². The summed E-state index contributed by atoms with van der Waals surface area (Å²) in [7, 11) is 0.956. The van der Waals surface area contributed by atoms with Gasteiger partial charge < -0.3 is 0 Å². The third-order valence-electron chi connectivity index (χ3n) is 3.49. The SMILES string of the molecule is Cc1ccc2cnn(-n3c(=O)cc(C(F)(F)F)n(C)c3=O)c2c1. The molecule has 0 aliphatic heterocycles. The molecule has 3 rings (SSSR count). The first-order valence-electron chi connectivity index (χ1n) is 6.55. The lowest BCUT2D eigenvalue weighted by Crippen LogP contribution is -2.45. The Balaban J connectivity index is 2.37. The van der Waals surface area contributed by atoms with Gasteiger partial charge in [-0.2, -0.15) is 23.1 Å². The minimum atomic E-state index is -4.80. The molecule has 0 N–H and O–H groups in total. The number of nitrogens with zero attached hydrogens (tertiary/aromatic N) is 4. The summed E-state index contributed by atoms with van der Waals surface area (Å²) in [6.45, 7) is 1.81. The van der Waals surface area contributed by atoms with Gasteiger partial charge in [-0.25, -0.2) is 4.79 Å². The highest BCUT2D eigenvalue weighted by Gasteiger charge is 2.35. The second kappa shape index (κ2) is 4.83. The molecule has 0 aliphatic rings. The van der Waals surface area contributed by atoms with Crippen molar-refractivity contribution in [2.24, 2.45) is 7.05 Å². The molecule has 6 nitrogen and oxygen atoms in total. The first kappa shape index (κ1) is 15.1. The van der Waals surface area contributed by atoms with E-state index >= 15 is 0 Å². The Morgan fingerprint density at radius 3 is 2.48 bits per heavy atom. The van der Waals surface area contributed by atoms with Crippen molar-refractivity contribution in [2.45, 2.75) is 13.1 Å². The van der Waals surface area contributed by atoms with Crippen LogP contribution in [0.2, 0.25) is 0 Å². The van der Waals surface area contributed by atoms with Crippen LogP contribution < -0.4 is 11.2 Å². The molecule has 0 saturated heterocycles. The molecule has 2 heterocycles. The van der Waals surface area contributed by atoms with Gasteiger partial charge in [0.25, 0.3) is 5.56 Å². The van der Waals surface area contributed by atoms with Crippen molar-refractivity contribution in [2.75, 3.05) is 0 Å².